The van der Waals surface area contributed by atoms with Crippen molar-refractivity contribution in [3.63, 3.8) is 0 Å². The number of thiophene rings is 1. The van der Waals surface area contributed by atoms with E-state index in [1.54, 1.807) is 6.92 Å². The zero-order chi connectivity index (χ0) is 27.4. The Morgan fingerprint density at radius 2 is 1.87 bits per heavy atom. The number of esters is 1. The van der Waals surface area contributed by atoms with Crippen LogP contribution in [0, 0.1) is 0 Å². The van der Waals surface area contributed by atoms with Gasteiger partial charge in [-0.1, -0.05) is 55.5 Å². The molecule has 39 heavy (non-hydrogen) atoms. The molecule has 0 radical (unpaired) electrons. The van der Waals surface area contributed by atoms with Gasteiger partial charge >= 0.3 is 16.6 Å². The largest absolute Gasteiger partial charge is 0.462 e. The SMILES string of the molecule is CCOC(=O)c1c(NC(=O)C(CC)Sc2c(=O)o[nH][n+]2-c2ccccc2)sc2c1CCC(c1ccccc1)C2. The average Bonchev–Trinajstić information content (AvgIpc) is 3.51. The van der Waals surface area contributed by atoms with Crippen LogP contribution in [0.5, 0.6) is 0 Å². The minimum atomic E-state index is -0.593. The zero-order valence-electron chi connectivity index (χ0n) is 21.8. The summed E-state index contributed by atoms with van der Waals surface area (Å²) in [6, 6.07) is 19.6. The van der Waals surface area contributed by atoms with Crippen LogP contribution in [-0.2, 0) is 22.4 Å². The Hall–Kier alpha value is -3.63. The van der Waals surface area contributed by atoms with Gasteiger partial charge in [-0.3, -0.25) is 9.32 Å². The number of H-pyrrole nitrogens is 1. The van der Waals surface area contributed by atoms with Gasteiger partial charge in [0.15, 0.2) is 0 Å². The van der Waals surface area contributed by atoms with Crippen molar-refractivity contribution in [2.45, 2.75) is 55.7 Å². The van der Waals surface area contributed by atoms with Gasteiger partial charge in [-0.25, -0.2) is 9.59 Å². The molecule has 4 aromatic rings. The minimum Gasteiger partial charge on any atom is -0.462 e. The second-order valence-corrected chi connectivity index (χ2v) is 11.5. The molecule has 0 spiro atoms. The zero-order valence-corrected chi connectivity index (χ0v) is 23.4. The first-order valence-corrected chi connectivity index (χ1v) is 14.7. The third kappa shape index (κ3) is 5.72. The maximum absolute atomic E-state index is 13.5. The Labute approximate surface area is 234 Å². The van der Waals surface area contributed by atoms with Gasteiger partial charge in [0.05, 0.1) is 17.4 Å². The first kappa shape index (κ1) is 27.0. The molecule has 1 aliphatic carbocycles. The fourth-order valence-electron chi connectivity index (χ4n) is 4.86. The number of amides is 1. The molecule has 0 aliphatic heterocycles. The summed E-state index contributed by atoms with van der Waals surface area (Å²) in [7, 11) is 0. The fourth-order valence-corrected chi connectivity index (χ4v) is 7.17. The van der Waals surface area contributed by atoms with Gasteiger partial charge < -0.3 is 10.1 Å². The van der Waals surface area contributed by atoms with Crippen LogP contribution in [0.3, 0.4) is 0 Å². The maximum Gasteiger partial charge on any atom is 0.442 e. The van der Waals surface area contributed by atoms with Crippen molar-refractivity contribution in [3.8, 4) is 5.69 Å². The molecule has 2 unspecified atom stereocenters. The summed E-state index contributed by atoms with van der Waals surface area (Å²) in [4.78, 5) is 40.2. The third-order valence-corrected chi connectivity index (χ3v) is 9.37. The minimum absolute atomic E-state index is 0.250. The molecule has 2 aromatic heterocycles. The Morgan fingerprint density at radius 3 is 2.56 bits per heavy atom. The second-order valence-electron chi connectivity index (χ2n) is 9.24. The van der Waals surface area contributed by atoms with E-state index in [4.69, 9.17) is 9.26 Å². The number of nitrogens with one attached hydrogen (secondary N) is 2. The molecule has 0 saturated heterocycles. The van der Waals surface area contributed by atoms with Crippen LogP contribution in [-0.4, -0.2) is 29.0 Å². The highest BCUT2D eigenvalue weighted by molar-refractivity contribution is 8.00. The standard InChI is InChI=1S/C29H29N3O5S2/c1-3-22(39-27-29(35)37-31-32(27)20-13-9-6-10-14-20)25(33)30-26-24(28(34)36-4-2)21-16-15-19(17-23(21)38-26)18-11-7-5-8-12-18/h5-14,19,22H,3-4,15-17H2,1-2H3,(H-,30,31,33,34,35)/p+1. The molecule has 202 valence electrons. The molecule has 2 aromatic carbocycles. The van der Waals surface area contributed by atoms with Crippen molar-refractivity contribution < 1.29 is 23.5 Å². The van der Waals surface area contributed by atoms with E-state index in [1.165, 1.54) is 21.6 Å². The highest BCUT2D eigenvalue weighted by atomic mass is 32.2. The van der Waals surface area contributed by atoms with Gasteiger partial charge in [-0.05, 0) is 71.4 Å². The Kier molecular flexibility index (Phi) is 8.33. The number of carbonyl (C=O) groups excluding carboxylic acids is 2. The van der Waals surface area contributed by atoms with E-state index < -0.39 is 16.8 Å². The number of hydrogen-bond acceptors (Lipinski definition) is 7. The highest BCUT2D eigenvalue weighted by Gasteiger charge is 2.34. The van der Waals surface area contributed by atoms with Gasteiger partial charge in [0.1, 0.15) is 5.00 Å². The van der Waals surface area contributed by atoms with Gasteiger partial charge in [0, 0.05) is 17.0 Å². The molecule has 2 atom stereocenters. The fraction of sp³-hybridized carbons (Fsp3) is 0.310. The molecule has 2 heterocycles. The van der Waals surface area contributed by atoms with E-state index in [-0.39, 0.29) is 17.5 Å². The molecule has 0 fully saturated rings. The van der Waals surface area contributed by atoms with Crippen molar-refractivity contribution in [1.29, 1.82) is 0 Å². The van der Waals surface area contributed by atoms with Crippen LogP contribution in [0.2, 0.25) is 0 Å². The van der Waals surface area contributed by atoms with Crippen LogP contribution in [0.1, 0.15) is 59.0 Å². The summed E-state index contributed by atoms with van der Waals surface area (Å²) in [5.41, 5.74) is 2.86. The normalized spacial score (nSPS) is 15.4. The number of anilines is 1. The van der Waals surface area contributed by atoms with Gasteiger partial charge in [0.2, 0.25) is 11.6 Å². The molecular formula is C29H30N3O5S2+. The number of fused-ring (bicyclic) bond motifs is 1. The Balaban J connectivity index is 1.41. The van der Waals surface area contributed by atoms with Crippen molar-refractivity contribution >= 4 is 40.0 Å². The topological polar surface area (TPSA) is 105 Å². The monoisotopic (exact) mass is 564 g/mol. The smallest absolute Gasteiger partial charge is 0.442 e. The molecule has 0 bridgehead atoms. The second kappa shape index (κ2) is 12.0. The van der Waals surface area contributed by atoms with Crippen LogP contribution in [0.4, 0.5) is 5.00 Å². The van der Waals surface area contributed by atoms with E-state index in [9.17, 15) is 14.4 Å². The summed E-state index contributed by atoms with van der Waals surface area (Å²) < 4.78 is 12.0. The molecule has 1 aliphatic rings. The Morgan fingerprint density at radius 1 is 1.15 bits per heavy atom. The number of benzene rings is 2. The number of aromatic nitrogens is 2. The lowest BCUT2D eigenvalue weighted by atomic mass is 9.83. The number of aromatic amines is 1. The third-order valence-electron chi connectivity index (χ3n) is 6.79. The van der Waals surface area contributed by atoms with Gasteiger partial charge in [-0.2, -0.15) is 0 Å². The quantitative estimate of drug-likeness (QED) is 0.163. The van der Waals surface area contributed by atoms with Crippen LogP contribution < -0.4 is 15.6 Å². The number of ether oxygens (including phenoxy) is 1. The average molecular weight is 565 g/mol. The summed E-state index contributed by atoms with van der Waals surface area (Å²) in [5, 5.41) is 5.81. The molecule has 10 heteroatoms. The van der Waals surface area contributed by atoms with E-state index in [2.05, 4.69) is 22.7 Å². The van der Waals surface area contributed by atoms with E-state index >= 15 is 0 Å². The lowest BCUT2D eigenvalue weighted by Crippen LogP contribution is -2.37. The lowest BCUT2D eigenvalue weighted by molar-refractivity contribution is -0.704. The number of para-hydroxylation sites is 1. The van der Waals surface area contributed by atoms with Gasteiger partial charge in [0.25, 0.3) is 0 Å². The van der Waals surface area contributed by atoms with Crippen molar-refractivity contribution in [1.82, 2.24) is 5.27 Å². The summed E-state index contributed by atoms with van der Waals surface area (Å²) in [6.07, 6.45) is 2.93. The summed E-state index contributed by atoms with van der Waals surface area (Å²) in [6.45, 7) is 3.91. The maximum atomic E-state index is 13.5. The number of hydrogen-bond donors (Lipinski definition) is 2. The first-order chi connectivity index (χ1) is 19.0. The van der Waals surface area contributed by atoms with E-state index in [0.29, 0.717) is 28.6 Å². The van der Waals surface area contributed by atoms with E-state index in [1.807, 2.05) is 55.5 Å². The van der Waals surface area contributed by atoms with Crippen molar-refractivity contribution in [2.75, 3.05) is 11.9 Å². The first-order valence-electron chi connectivity index (χ1n) is 13.0. The van der Waals surface area contributed by atoms with Crippen molar-refractivity contribution in [3.05, 3.63) is 92.7 Å². The number of thioether (sulfide) groups is 1. The Bertz CT molecular complexity index is 1510. The molecular weight excluding hydrogens is 534 g/mol. The number of carbonyl (C=O) groups is 2. The lowest BCUT2D eigenvalue weighted by Gasteiger charge is -2.23. The van der Waals surface area contributed by atoms with Crippen LogP contribution >= 0.6 is 23.1 Å². The predicted octanol–water partition coefficient (Wildman–Crippen LogP) is 5.26. The number of rotatable bonds is 9. The predicted molar refractivity (Wildman–Crippen MR) is 151 cm³/mol. The van der Waals surface area contributed by atoms with Crippen molar-refractivity contribution in [2.24, 2.45) is 0 Å². The molecule has 5 rings (SSSR count). The molecule has 0 saturated carbocycles. The van der Waals surface area contributed by atoms with Crippen LogP contribution in [0.25, 0.3) is 5.69 Å². The van der Waals surface area contributed by atoms with E-state index in [0.717, 1.165) is 41.5 Å². The summed E-state index contributed by atoms with van der Waals surface area (Å²) in [5.74, 6) is -0.347. The molecule has 2 N–H and O–H groups in total. The summed E-state index contributed by atoms with van der Waals surface area (Å²) >= 11 is 2.58. The van der Waals surface area contributed by atoms with Gasteiger partial charge in [-0.15, -0.1) is 11.3 Å². The van der Waals surface area contributed by atoms with Crippen LogP contribution in [0.15, 0.2) is 75.0 Å². The number of nitrogens with zero attached hydrogens (tertiary/aromatic N) is 1. The molecule has 8 nitrogen and oxygen atoms in total. The highest BCUT2D eigenvalue weighted by Crippen LogP contribution is 2.43. The molecule has 1 amide bonds.